The van der Waals surface area contributed by atoms with Gasteiger partial charge >= 0.3 is 0 Å². The number of carbonyl (C=O) groups is 2. The fraction of sp³-hybridized carbons (Fsp3) is 0.286. The van der Waals surface area contributed by atoms with Crippen LogP contribution >= 0.6 is 27.5 Å². The first kappa shape index (κ1) is 15.1. The molecule has 1 amide bonds. The van der Waals surface area contributed by atoms with Crippen LogP contribution in [-0.2, 0) is 9.59 Å². The van der Waals surface area contributed by atoms with E-state index in [-0.39, 0.29) is 18.7 Å². The van der Waals surface area contributed by atoms with Crippen LogP contribution in [0.5, 0.6) is 0 Å². The number of aliphatic carboxylic acids is 1. The van der Waals surface area contributed by atoms with Crippen LogP contribution < -0.4 is 10.4 Å². The zero-order valence-corrected chi connectivity index (χ0v) is 12.8. The van der Waals surface area contributed by atoms with Gasteiger partial charge in [0.2, 0.25) is 5.91 Å². The Balaban J connectivity index is 2.12. The molecular formula is C14H12BrClNO3-. The number of amides is 1. The van der Waals surface area contributed by atoms with Crippen molar-refractivity contribution in [2.45, 2.75) is 12.8 Å². The second-order valence-electron chi connectivity index (χ2n) is 4.62. The summed E-state index contributed by atoms with van der Waals surface area (Å²) in [5, 5.41) is 14.3. The van der Waals surface area contributed by atoms with E-state index in [4.69, 9.17) is 11.6 Å². The maximum absolute atomic E-state index is 12.2. The Kier molecular flexibility index (Phi) is 4.83. The molecule has 1 aliphatic rings. The molecule has 1 aliphatic carbocycles. The van der Waals surface area contributed by atoms with Crippen molar-refractivity contribution in [3.8, 4) is 0 Å². The lowest BCUT2D eigenvalue weighted by atomic mass is 9.82. The molecule has 6 heteroatoms. The van der Waals surface area contributed by atoms with Crippen molar-refractivity contribution in [1.29, 1.82) is 0 Å². The molecule has 1 aromatic carbocycles. The molecular weight excluding hydrogens is 346 g/mol. The van der Waals surface area contributed by atoms with Crippen LogP contribution in [0.2, 0.25) is 0 Å². The summed E-state index contributed by atoms with van der Waals surface area (Å²) in [7, 11) is 0. The van der Waals surface area contributed by atoms with E-state index in [2.05, 4.69) is 21.2 Å². The quantitative estimate of drug-likeness (QED) is 0.902. The molecule has 0 aromatic heterocycles. The highest BCUT2D eigenvalue weighted by Gasteiger charge is 2.32. The number of benzene rings is 1. The fourth-order valence-electron chi connectivity index (χ4n) is 2.16. The average Bonchev–Trinajstić information content (AvgIpc) is 2.41. The molecule has 0 bridgehead atoms. The normalized spacial score (nSPS) is 22.0. The van der Waals surface area contributed by atoms with Crippen molar-refractivity contribution in [3.05, 3.63) is 39.8 Å². The van der Waals surface area contributed by atoms with Crippen molar-refractivity contribution in [2.24, 2.45) is 11.8 Å². The summed E-state index contributed by atoms with van der Waals surface area (Å²) in [5.74, 6) is -3.12. The molecule has 1 N–H and O–H groups in total. The number of nitrogens with one attached hydrogen (secondary N) is 1. The fourth-order valence-corrected chi connectivity index (χ4v) is 2.68. The molecule has 0 saturated heterocycles. The predicted octanol–water partition coefficient (Wildman–Crippen LogP) is 2.29. The van der Waals surface area contributed by atoms with Crippen LogP contribution in [0.1, 0.15) is 12.8 Å². The standard InChI is InChI=1S/C14H13BrClNO3/c15-8-1-4-10(5-2-8)17-13(18)12-7-9(16)3-6-11(12)14(19)20/h1-5,11-12H,6-7H2,(H,17,18)(H,19,20)/p-1/t11-,12-/m0/s1. The molecule has 2 rings (SSSR count). The molecule has 0 unspecified atom stereocenters. The number of hydrogen-bond acceptors (Lipinski definition) is 3. The summed E-state index contributed by atoms with van der Waals surface area (Å²) in [6.07, 6.45) is 2.08. The van der Waals surface area contributed by atoms with Crippen LogP contribution in [0.15, 0.2) is 39.8 Å². The molecule has 1 aromatic rings. The predicted molar refractivity (Wildman–Crippen MR) is 77.9 cm³/mol. The van der Waals surface area contributed by atoms with Crippen LogP contribution in [0.4, 0.5) is 5.69 Å². The van der Waals surface area contributed by atoms with Gasteiger partial charge in [0.1, 0.15) is 0 Å². The number of halogens is 2. The lowest BCUT2D eigenvalue weighted by molar-refractivity contribution is -0.313. The highest BCUT2D eigenvalue weighted by molar-refractivity contribution is 9.10. The number of carboxylic acid groups (broad SMARTS) is 1. The highest BCUT2D eigenvalue weighted by Crippen LogP contribution is 2.32. The smallest absolute Gasteiger partial charge is 0.228 e. The third-order valence-electron chi connectivity index (χ3n) is 3.25. The van der Waals surface area contributed by atoms with Crippen LogP contribution in [0, 0.1) is 11.8 Å². The summed E-state index contributed by atoms with van der Waals surface area (Å²) >= 11 is 9.21. The van der Waals surface area contributed by atoms with E-state index < -0.39 is 17.8 Å². The third-order valence-corrected chi connectivity index (χ3v) is 4.08. The molecule has 0 fully saturated rings. The second kappa shape index (κ2) is 6.41. The van der Waals surface area contributed by atoms with E-state index in [1.54, 1.807) is 30.3 Å². The largest absolute Gasteiger partial charge is 0.550 e. The third kappa shape index (κ3) is 3.61. The Morgan fingerprint density at radius 1 is 1.25 bits per heavy atom. The molecule has 0 saturated carbocycles. The Hall–Kier alpha value is -1.33. The highest BCUT2D eigenvalue weighted by atomic mass is 79.9. The lowest BCUT2D eigenvalue weighted by Crippen LogP contribution is -2.42. The van der Waals surface area contributed by atoms with E-state index in [1.165, 1.54) is 0 Å². The summed E-state index contributed by atoms with van der Waals surface area (Å²) in [6, 6.07) is 7.05. The molecule has 20 heavy (non-hydrogen) atoms. The number of carbonyl (C=O) groups excluding carboxylic acids is 2. The summed E-state index contributed by atoms with van der Waals surface area (Å²) < 4.78 is 0.895. The van der Waals surface area contributed by atoms with Gasteiger partial charge in [-0.25, -0.2) is 0 Å². The zero-order chi connectivity index (χ0) is 14.7. The van der Waals surface area contributed by atoms with E-state index in [0.717, 1.165) is 4.47 Å². The zero-order valence-electron chi connectivity index (χ0n) is 10.4. The first-order valence-corrected chi connectivity index (χ1v) is 7.26. The SMILES string of the molecule is O=C([O-])[C@H]1CC=C(Cl)C[C@@H]1C(=O)Nc1ccc(Br)cc1. The Bertz CT molecular complexity index is 556. The molecule has 2 atom stereocenters. The minimum Gasteiger partial charge on any atom is -0.550 e. The van der Waals surface area contributed by atoms with Crippen molar-refractivity contribution >= 4 is 45.1 Å². The second-order valence-corrected chi connectivity index (χ2v) is 6.02. The van der Waals surface area contributed by atoms with Gasteiger partial charge in [0.15, 0.2) is 0 Å². The molecule has 0 heterocycles. The van der Waals surface area contributed by atoms with E-state index in [0.29, 0.717) is 10.7 Å². The van der Waals surface area contributed by atoms with Gasteiger partial charge in [-0.2, -0.15) is 0 Å². The van der Waals surface area contributed by atoms with Crippen molar-refractivity contribution < 1.29 is 14.7 Å². The van der Waals surface area contributed by atoms with Crippen LogP contribution in [0.3, 0.4) is 0 Å². The Labute approximate surface area is 129 Å². The van der Waals surface area contributed by atoms with Crippen LogP contribution in [-0.4, -0.2) is 11.9 Å². The van der Waals surface area contributed by atoms with Crippen molar-refractivity contribution in [1.82, 2.24) is 0 Å². The Morgan fingerprint density at radius 2 is 1.90 bits per heavy atom. The van der Waals surface area contributed by atoms with Gasteiger partial charge in [0.25, 0.3) is 0 Å². The van der Waals surface area contributed by atoms with Gasteiger partial charge in [-0.15, -0.1) is 0 Å². The topological polar surface area (TPSA) is 69.2 Å². The van der Waals surface area contributed by atoms with Gasteiger partial charge in [-0.05, 0) is 37.1 Å². The van der Waals surface area contributed by atoms with E-state index in [1.807, 2.05) is 0 Å². The maximum Gasteiger partial charge on any atom is 0.228 e. The van der Waals surface area contributed by atoms with Crippen molar-refractivity contribution in [2.75, 3.05) is 5.32 Å². The molecule has 106 valence electrons. The minimum absolute atomic E-state index is 0.222. The number of anilines is 1. The first-order valence-electron chi connectivity index (χ1n) is 6.09. The van der Waals surface area contributed by atoms with Gasteiger partial charge in [0, 0.05) is 27.1 Å². The monoisotopic (exact) mass is 356 g/mol. The van der Waals surface area contributed by atoms with Gasteiger partial charge in [0.05, 0.1) is 5.92 Å². The van der Waals surface area contributed by atoms with E-state index >= 15 is 0 Å². The number of carboxylic acids is 1. The minimum atomic E-state index is -1.22. The lowest BCUT2D eigenvalue weighted by Gasteiger charge is -2.29. The summed E-state index contributed by atoms with van der Waals surface area (Å²) in [6.45, 7) is 0. The number of allylic oxidation sites excluding steroid dienone is 2. The summed E-state index contributed by atoms with van der Waals surface area (Å²) in [5.41, 5.74) is 0.612. The molecule has 0 radical (unpaired) electrons. The van der Waals surface area contributed by atoms with E-state index in [9.17, 15) is 14.7 Å². The van der Waals surface area contributed by atoms with Crippen molar-refractivity contribution in [3.63, 3.8) is 0 Å². The Morgan fingerprint density at radius 3 is 2.50 bits per heavy atom. The average molecular weight is 358 g/mol. The maximum atomic E-state index is 12.2. The first-order chi connectivity index (χ1) is 9.47. The van der Waals surface area contributed by atoms with Crippen LogP contribution in [0.25, 0.3) is 0 Å². The number of rotatable bonds is 3. The van der Waals surface area contributed by atoms with Gasteiger partial charge < -0.3 is 15.2 Å². The molecule has 4 nitrogen and oxygen atoms in total. The number of hydrogen-bond donors (Lipinski definition) is 1. The van der Waals surface area contributed by atoms with Gasteiger partial charge in [-0.3, -0.25) is 4.79 Å². The molecule has 0 spiro atoms. The molecule has 0 aliphatic heterocycles. The summed E-state index contributed by atoms with van der Waals surface area (Å²) in [4.78, 5) is 23.3. The van der Waals surface area contributed by atoms with Gasteiger partial charge in [-0.1, -0.05) is 33.6 Å².